The maximum Gasteiger partial charge on any atom is 0.387 e. The van der Waals surface area contributed by atoms with Crippen molar-refractivity contribution in [3.63, 3.8) is 0 Å². The minimum Gasteiger partial charge on any atom is -0.496 e. The van der Waals surface area contributed by atoms with Crippen molar-refractivity contribution >= 4 is 17.5 Å². The molecule has 0 bridgehead atoms. The molecule has 0 radical (unpaired) electrons. The number of rotatable bonds is 10. The molecule has 1 fully saturated rings. The molecule has 0 spiro atoms. The molecule has 0 saturated heterocycles. The van der Waals surface area contributed by atoms with Crippen LogP contribution in [-0.2, 0) is 16.6 Å². The van der Waals surface area contributed by atoms with Crippen molar-refractivity contribution in [1.29, 1.82) is 0 Å². The molecule has 5 rings (SSSR count). The highest BCUT2D eigenvalue weighted by atomic mass is 19.3. The number of esters is 1. The quantitative estimate of drug-likeness (QED) is 0.285. The minimum atomic E-state index is -3.19. The molecule has 1 aromatic carbocycles. The van der Waals surface area contributed by atoms with Crippen molar-refractivity contribution in [3.8, 4) is 33.9 Å². The molecule has 3 aromatic heterocycles. The van der Waals surface area contributed by atoms with Crippen molar-refractivity contribution in [1.82, 2.24) is 24.5 Å². The molecule has 1 saturated carbocycles. The highest BCUT2D eigenvalue weighted by Crippen LogP contribution is 2.38. The van der Waals surface area contributed by atoms with Crippen LogP contribution in [-0.4, -0.2) is 62.5 Å². The molecule has 1 aliphatic carbocycles. The van der Waals surface area contributed by atoms with Gasteiger partial charge in [0.15, 0.2) is 6.10 Å². The third-order valence-corrected chi connectivity index (χ3v) is 6.44. The van der Waals surface area contributed by atoms with Gasteiger partial charge in [-0.05, 0) is 43.5 Å². The van der Waals surface area contributed by atoms with E-state index in [4.69, 9.17) is 14.2 Å². The number of methoxy groups -OCH3 is 1. The molecule has 4 aromatic rings. The Bertz CT molecular complexity index is 1580. The Balaban J connectivity index is 1.67. The van der Waals surface area contributed by atoms with Gasteiger partial charge in [-0.1, -0.05) is 0 Å². The number of carbonyl (C=O) groups excluding carboxylic acids is 2. The third kappa shape index (κ3) is 5.32. The van der Waals surface area contributed by atoms with E-state index in [0.717, 1.165) is 12.8 Å². The van der Waals surface area contributed by atoms with Crippen LogP contribution in [0, 0.1) is 0 Å². The molecule has 11 nitrogen and oxygen atoms in total. The molecule has 1 amide bonds. The molecule has 0 aliphatic heterocycles. The maximum absolute atomic E-state index is 13.4. The van der Waals surface area contributed by atoms with Gasteiger partial charge in [-0.2, -0.15) is 13.9 Å². The van der Waals surface area contributed by atoms with E-state index in [0.29, 0.717) is 28.0 Å². The van der Waals surface area contributed by atoms with Crippen LogP contribution >= 0.6 is 0 Å². The SMILES string of the molecule is CCOC(=O)C(O)c1cn2c(-c3cc(OC)c(C(=O)NC4CC4)c(OC(F)F)c3)cnc2cc1-c1cnn(C)c1. The lowest BCUT2D eigenvalue weighted by Gasteiger charge is -2.17. The van der Waals surface area contributed by atoms with E-state index in [1.165, 1.54) is 31.6 Å². The monoisotopic (exact) mass is 555 g/mol. The Morgan fingerprint density at radius 3 is 2.52 bits per heavy atom. The Morgan fingerprint density at radius 2 is 1.90 bits per heavy atom. The topological polar surface area (TPSA) is 129 Å². The van der Waals surface area contributed by atoms with Gasteiger partial charge in [0.25, 0.3) is 5.91 Å². The fourth-order valence-corrected chi connectivity index (χ4v) is 4.43. The molecule has 1 aliphatic rings. The van der Waals surface area contributed by atoms with Crippen molar-refractivity contribution < 1.29 is 37.7 Å². The van der Waals surface area contributed by atoms with Crippen molar-refractivity contribution in [2.24, 2.45) is 7.05 Å². The first-order chi connectivity index (χ1) is 19.2. The van der Waals surface area contributed by atoms with E-state index in [9.17, 15) is 23.5 Å². The summed E-state index contributed by atoms with van der Waals surface area (Å²) in [5.41, 5.74) is 2.38. The number of nitrogens with zero attached hydrogens (tertiary/aromatic N) is 4. The predicted octanol–water partition coefficient (Wildman–Crippen LogP) is 3.50. The van der Waals surface area contributed by atoms with E-state index in [1.807, 2.05) is 0 Å². The Labute approximate surface area is 227 Å². The van der Waals surface area contributed by atoms with Crippen LogP contribution in [0.25, 0.3) is 28.0 Å². The van der Waals surface area contributed by atoms with Gasteiger partial charge >= 0.3 is 12.6 Å². The number of aryl methyl sites for hydroxylation is 1. The first kappa shape index (κ1) is 27.1. The van der Waals surface area contributed by atoms with Gasteiger partial charge < -0.3 is 24.6 Å². The first-order valence-electron chi connectivity index (χ1n) is 12.5. The van der Waals surface area contributed by atoms with Crippen LogP contribution in [0.5, 0.6) is 11.5 Å². The summed E-state index contributed by atoms with van der Waals surface area (Å²) >= 11 is 0. The zero-order chi connectivity index (χ0) is 28.6. The second kappa shape index (κ2) is 10.9. The number of halogens is 2. The number of fused-ring (bicyclic) bond motifs is 1. The summed E-state index contributed by atoms with van der Waals surface area (Å²) in [6, 6.07) is 4.47. The number of aliphatic hydroxyl groups excluding tert-OH is 1. The molecule has 3 heterocycles. The van der Waals surface area contributed by atoms with Crippen LogP contribution in [0.1, 0.15) is 41.8 Å². The Kier molecular flexibility index (Phi) is 7.39. The van der Waals surface area contributed by atoms with Gasteiger partial charge in [0.1, 0.15) is 22.7 Å². The molecular weight excluding hydrogens is 528 g/mol. The summed E-state index contributed by atoms with van der Waals surface area (Å²) in [5.74, 6) is -1.76. The highest BCUT2D eigenvalue weighted by molar-refractivity contribution is 6.01. The number of hydrogen-bond donors (Lipinski definition) is 2. The summed E-state index contributed by atoms with van der Waals surface area (Å²) in [4.78, 5) is 29.9. The number of aliphatic hydroxyl groups is 1. The van der Waals surface area contributed by atoms with Crippen LogP contribution in [0.4, 0.5) is 8.78 Å². The lowest BCUT2D eigenvalue weighted by atomic mass is 10.00. The lowest BCUT2D eigenvalue weighted by Crippen LogP contribution is -2.26. The standard InChI is InChI=1S/C27H27F2N5O6/c1-4-39-26(37)24(35)18-13-34-19(11-30-22(34)9-17(18)15-10-31-33(2)12-15)14-7-20(38-3)23(21(8-14)40-27(28)29)25(36)32-16-5-6-16/h7-13,16,24,27,35H,4-6H2,1-3H3,(H,32,36). The minimum absolute atomic E-state index is 0.0201. The zero-order valence-corrected chi connectivity index (χ0v) is 21.9. The van der Waals surface area contributed by atoms with Crippen molar-refractivity contribution in [2.75, 3.05) is 13.7 Å². The van der Waals surface area contributed by atoms with Crippen molar-refractivity contribution in [2.45, 2.75) is 38.5 Å². The summed E-state index contributed by atoms with van der Waals surface area (Å²) in [6.45, 7) is -1.49. The van der Waals surface area contributed by atoms with Crippen molar-refractivity contribution in [3.05, 3.63) is 54.1 Å². The number of ether oxygens (including phenoxy) is 3. The number of imidazole rings is 1. The fraction of sp³-hybridized carbons (Fsp3) is 0.333. The number of pyridine rings is 1. The second-order valence-corrected chi connectivity index (χ2v) is 9.25. The third-order valence-electron chi connectivity index (χ3n) is 6.44. The normalized spacial score (nSPS) is 13.9. The molecule has 1 atom stereocenters. The molecule has 40 heavy (non-hydrogen) atoms. The van der Waals surface area contributed by atoms with E-state index < -0.39 is 24.6 Å². The largest absolute Gasteiger partial charge is 0.496 e. The van der Waals surface area contributed by atoms with Gasteiger partial charge in [0.05, 0.1) is 31.8 Å². The lowest BCUT2D eigenvalue weighted by molar-refractivity contribution is -0.153. The van der Waals surface area contributed by atoms with E-state index in [-0.39, 0.29) is 35.3 Å². The number of alkyl halides is 2. The van der Waals surface area contributed by atoms with Gasteiger partial charge in [0.2, 0.25) is 0 Å². The summed E-state index contributed by atoms with van der Waals surface area (Å²) in [6.07, 6.45) is 6.31. The molecule has 13 heteroatoms. The summed E-state index contributed by atoms with van der Waals surface area (Å²) < 4.78 is 45.2. The predicted molar refractivity (Wildman–Crippen MR) is 138 cm³/mol. The highest BCUT2D eigenvalue weighted by Gasteiger charge is 2.30. The molecular formula is C27H27F2N5O6. The average molecular weight is 556 g/mol. The zero-order valence-electron chi connectivity index (χ0n) is 21.9. The van der Waals surface area contributed by atoms with E-state index in [2.05, 4.69) is 15.4 Å². The number of amides is 1. The van der Waals surface area contributed by atoms with Gasteiger partial charge in [-0.25, -0.2) is 9.78 Å². The Morgan fingerprint density at radius 1 is 1.15 bits per heavy atom. The number of carbonyl (C=O) groups is 2. The molecule has 2 N–H and O–H groups in total. The summed E-state index contributed by atoms with van der Waals surface area (Å²) in [5, 5.41) is 17.9. The average Bonchev–Trinajstić information content (AvgIpc) is 3.46. The Hall–Kier alpha value is -4.52. The van der Waals surface area contributed by atoms with Crippen LogP contribution < -0.4 is 14.8 Å². The van der Waals surface area contributed by atoms with Crippen LogP contribution in [0.3, 0.4) is 0 Å². The summed E-state index contributed by atoms with van der Waals surface area (Å²) in [7, 11) is 3.06. The first-order valence-corrected chi connectivity index (χ1v) is 12.5. The fourth-order valence-electron chi connectivity index (χ4n) is 4.43. The van der Waals surface area contributed by atoms with Gasteiger partial charge in [-0.15, -0.1) is 0 Å². The molecule has 1 unspecified atom stereocenters. The second-order valence-electron chi connectivity index (χ2n) is 9.25. The molecule has 210 valence electrons. The number of hydrogen-bond acceptors (Lipinski definition) is 8. The smallest absolute Gasteiger partial charge is 0.387 e. The van der Waals surface area contributed by atoms with E-state index >= 15 is 0 Å². The number of benzene rings is 1. The van der Waals surface area contributed by atoms with Crippen LogP contribution in [0.15, 0.2) is 43.0 Å². The maximum atomic E-state index is 13.4. The number of nitrogens with one attached hydrogen (secondary N) is 1. The van der Waals surface area contributed by atoms with Crippen LogP contribution in [0.2, 0.25) is 0 Å². The van der Waals surface area contributed by atoms with Gasteiger partial charge in [0, 0.05) is 42.2 Å². The van der Waals surface area contributed by atoms with E-state index in [1.54, 1.807) is 41.5 Å². The number of aromatic nitrogens is 4. The van der Waals surface area contributed by atoms with Gasteiger partial charge in [-0.3, -0.25) is 13.9 Å².